The van der Waals surface area contributed by atoms with Crippen LogP contribution in [0.15, 0.2) is 54.7 Å². The molecule has 1 saturated heterocycles. The Hall–Kier alpha value is -4.82. The molecule has 1 aliphatic heterocycles. The number of hydrogen-bond acceptors (Lipinski definition) is 13. The first kappa shape index (κ1) is 32.1. The first-order valence-electron chi connectivity index (χ1n) is 13.7. The maximum atomic E-state index is 12.0. The Balaban J connectivity index is 1.46. The molecule has 234 valence electrons. The van der Waals surface area contributed by atoms with Gasteiger partial charge in [0, 0.05) is 33.3 Å². The van der Waals surface area contributed by atoms with E-state index in [0.29, 0.717) is 5.69 Å². The number of phenols is 1. The van der Waals surface area contributed by atoms with E-state index in [1.165, 1.54) is 6.92 Å². The smallest absolute Gasteiger partial charge is 0.303 e. The van der Waals surface area contributed by atoms with Gasteiger partial charge >= 0.3 is 23.9 Å². The molecule has 0 aliphatic carbocycles. The first-order chi connectivity index (χ1) is 21.0. The topological polar surface area (TPSA) is 175 Å². The lowest BCUT2D eigenvalue weighted by Crippen LogP contribution is -2.63. The number of ether oxygens (including phenoxy) is 6. The van der Waals surface area contributed by atoms with Crippen LogP contribution in [0.1, 0.15) is 27.7 Å². The zero-order valence-electron chi connectivity index (χ0n) is 24.6. The Morgan fingerprint density at radius 2 is 1.32 bits per heavy atom. The summed E-state index contributed by atoms with van der Waals surface area (Å²) >= 11 is 0. The third kappa shape index (κ3) is 8.61. The van der Waals surface area contributed by atoms with Gasteiger partial charge in [-0.1, -0.05) is 41.6 Å². The molecule has 14 nitrogen and oxygen atoms in total. The fraction of sp³-hybridized carbons (Fsp3) is 0.400. The number of aromatic hydroxyl groups is 1. The molecule has 0 unspecified atom stereocenters. The van der Waals surface area contributed by atoms with Crippen LogP contribution in [0.25, 0.3) is 22.4 Å². The SMILES string of the molecule is CC(=O)OC[C@H]1O[C@@H](OCCn2cc(-c3ccc(-c4ccc(O)cc4)cc3)nn2)[C@H](OC(C)=O)[C@@H](OC(C)=O)[C@H]1OC(C)=O. The van der Waals surface area contributed by atoms with Crippen LogP contribution in [0, 0.1) is 0 Å². The molecule has 1 aliphatic rings. The van der Waals surface area contributed by atoms with Gasteiger partial charge in [-0.3, -0.25) is 19.2 Å². The minimum atomic E-state index is -1.32. The largest absolute Gasteiger partial charge is 0.508 e. The molecule has 4 rings (SSSR count). The summed E-state index contributed by atoms with van der Waals surface area (Å²) in [6.45, 7) is 4.50. The van der Waals surface area contributed by atoms with Crippen LogP contribution in [0.2, 0.25) is 0 Å². The molecule has 1 fully saturated rings. The van der Waals surface area contributed by atoms with Crippen LogP contribution in [0.5, 0.6) is 5.75 Å². The summed E-state index contributed by atoms with van der Waals surface area (Å²) in [6.07, 6.45) is -4.56. The van der Waals surface area contributed by atoms with Crippen molar-refractivity contribution in [2.75, 3.05) is 13.2 Å². The van der Waals surface area contributed by atoms with E-state index in [0.717, 1.165) is 37.5 Å². The molecule has 2 aromatic carbocycles. The van der Waals surface area contributed by atoms with Gasteiger partial charge in [0.25, 0.3) is 0 Å². The molecule has 1 aromatic heterocycles. The molecule has 0 amide bonds. The molecule has 0 spiro atoms. The average Bonchev–Trinajstić information content (AvgIpc) is 3.44. The fourth-order valence-corrected chi connectivity index (χ4v) is 4.61. The van der Waals surface area contributed by atoms with Crippen LogP contribution < -0.4 is 0 Å². The Morgan fingerprint density at radius 3 is 1.91 bits per heavy atom. The van der Waals surface area contributed by atoms with Gasteiger partial charge in [-0.15, -0.1) is 5.10 Å². The van der Waals surface area contributed by atoms with Crippen LogP contribution in [-0.4, -0.2) is 87.9 Å². The lowest BCUT2D eigenvalue weighted by molar-refractivity contribution is -0.308. The molecule has 0 saturated carbocycles. The van der Waals surface area contributed by atoms with Gasteiger partial charge in [0.1, 0.15) is 24.2 Å². The first-order valence-corrected chi connectivity index (χ1v) is 13.7. The minimum Gasteiger partial charge on any atom is -0.508 e. The monoisotopic (exact) mass is 611 g/mol. The second kappa shape index (κ2) is 14.6. The number of aromatic nitrogens is 3. The highest BCUT2D eigenvalue weighted by atomic mass is 16.7. The van der Waals surface area contributed by atoms with E-state index in [-0.39, 0.29) is 25.5 Å². The number of nitrogens with zero attached hydrogens (tertiary/aromatic N) is 3. The van der Waals surface area contributed by atoms with Gasteiger partial charge in [0.2, 0.25) is 0 Å². The van der Waals surface area contributed by atoms with E-state index < -0.39 is 54.6 Å². The molecule has 0 radical (unpaired) electrons. The van der Waals surface area contributed by atoms with E-state index in [9.17, 15) is 24.3 Å². The van der Waals surface area contributed by atoms with Crippen molar-refractivity contribution in [1.29, 1.82) is 0 Å². The van der Waals surface area contributed by atoms with Crippen molar-refractivity contribution in [2.24, 2.45) is 0 Å². The predicted molar refractivity (Wildman–Crippen MR) is 150 cm³/mol. The summed E-state index contributed by atoms with van der Waals surface area (Å²) < 4.78 is 34.6. The van der Waals surface area contributed by atoms with Gasteiger partial charge in [0.05, 0.1) is 19.3 Å². The fourth-order valence-electron chi connectivity index (χ4n) is 4.61. The maximum absolute atomic E-state index is 12.0. The second-order valence-corrected chi connectivity index (χ2v) is 9.93. The molecule has 2 heterocycles. The van der Waals surface area contributed by atoms with E-state index in [2.05, 4.69) is 10.3 Å². The number of carbonyl (C=O) groups is 4. The maximum Gasteiger partial charge on any atom is 0.303 e. The molecule has 44 heavy (non-hydrogen) atoms. The average molecular weight is 612 g/mol. The molecule has 14 heteroatoms. The van der Waals surface area contributed by atoms with Crippen molar-refractivity contribution in [3.05, 3.63) is 54.7 Å². The molecule has 0 bridgehead atoms. The van der Waals surface area contributed by atoms with Crippen LogP contribution in [-0.2, 0) is 54.1 Å². The third-order valence-corrected chi connectivity index (χ3v) is 6.47. The number of carbonyl (C=O) groups excluding carboxylic acids is 4. The number of rotatable bonds is 11. The zero-order chi connectivity index (χ0) is 31.8. The van der Waals surface area contributed by atoms with Gasteiger partial charge in [-0.2, -0.15) is 0 Å². The normalized spacial score (nSPS) is 21.2. The van der Waals surface area contributed by atoms with Gasteiger partial charge < -0.3 is 33.5 Å². The standard InChI is InChI=1S/C30H33N3O11/c1-17(34)40-16-26-27(41-18(2)35)28(42-19(3)36)29(43-20(4)37)30(44-26)39-14-13-33-15-25(31-32-33)23-7-5-21(6-8-23)22-9-11-24(38)12-10-22/h5-12,15,26-30,38H,13-14,16H2,1-4H3/t26-,27+,28+,29-,30-/m1/s1. The Morgan fingerprint density at radius 1 is 0.773 bits per heavy atom. The van der Waals surface area contributed by atoms with Crippen LogP contribution in [0.4, 0.5) is 0 Å². The van der Waals surface area contributed by atoms with Crippen molar-refractivity contribution < 1.29 is 52.7 Å². The highest BCUT2D eigenvalue weighted by Gasteiger charge is 2.52. The summed E-state index contributed by atoms with van der Waals surface area (Å²) in [5, 5.41) is 17.9. The number of hydrogen-bond donors (Lipinski definition) is 1. The summed E-state index contributed by atoms with van der Waals surface area (Å²) in [7, 11) is 0. The Bertz CT molecular complexity index is 1460. The van der Waals surface area contributed by atoms with Crippen molar-refractivity contribution >= 4 is 23.9 Å². The molecule has 1 N–H and O–H groups in total. The quantitative estimate of drug-likeness (QED) is 0.247. The lowest BCUT2D eigenvalue weighted by atomic mass is 9.98. The summed E-state index contributed by atoms with van der Waals surface area (Å²) in [5.41, 5.74) is 3.38. The summed E-state index contributed by atoms with van der Waals surface area (Å²) in [5.74, 6) is -2.60. The van der Waals surface area contributed by atoms with E-state index >= 15 is 0 Å². The lowest BCUT2D eigenvalue weighted by Gasteiger charge is -2.44. The van der Waals surface area contributed by atoms with Crippen molar-refractivity contribution in [1.82, 2.24) is 15.0 Å². The summed E-state index contributed by atoms with van der Waals surface area (Å²) in [6, 6.07) is 14.6. The second-order valence-electron chi connectivity index (χ2n) is 9.93. The van der Waals surface area contributed by atoms with E-state index in [1.54, 1.807) is 23.0 Å². The zero-order valence-corrected chi connectivity index (χ0v) is 24.6. The van der Waals surface area contributed by atoms with Gasteiger partial charge in [-0.05, 0) is 23.3 Å². The predicted octanol–water partition coefficient (Wildman–Crippen LogP) is 2.42. The van der Waals surface area contributed by atoms with Crippen LogP contribution >= 0.6 is 0 Å². The number of phenolic OH excluding ortho intramolecular Hbond substituents is 1. The molecule has 5 atom stereocenters. The highest BCUT2D eigenvalue weighted by molar-refractivity contribution is 5.70. The Kier molecular flexibility index (Phi) is 10.6. The molecular formula is C30H33N3O11. The van der Waals surface area contributed by atoms with E-state index in [4.69, 9.17) is 28.4 Å². The number of benzene rings is 2. The summed E-state index contributed by atoms with van der Waals surface area (Å²) in [4.78, 5) is 47.3. The Labute approximate surface area is 252 Å². The number of esters is 4. The highest BCUT2D eigenvalue weighted by Crippen LogP contribution is 2.30. The third-order valence-electron chi connectivity index (χ3n) is 6.47. The van der Waals surface area contributed by atoms with Crippen molar-refractivity contribution in [3.63, 3.8) is 0 Å². The van der Waals surface area contributed by atoms with E-state index in [1.807, 2.05) is 36.4 Å². The van der Waals surface area contributed by atoms with Gasteiger partial charge in [0.15, 0.2) is 24.6 Å². The van der Waals surface area contributed by atoms with Crippen molar-refractivity contribution in [3.8, 4) is 28.1 Å². The minimum absolute atomic E-state index is 0.00364. The van der Waals surface area contributed by atoms with Gasteiger partial charge in [-0.25, -0.2) is 4.68 Å². The van der Waals surface area contributed by atoms with Crippen LogP contribution in [0.3, 0.4) is 0 Å². The molecular weight excluding hydrogens is 578 g/mol. The van der Waals surface area contributed by atoms with Crippen molar-refractivity contribution in [2.45, 2.75) is 64.9 Å². The molecule has 3 aromatic rings.